The minimum Gasteiger partial charge on any atom is -0.491 e. The first-order chi connectivity index (χ1) is 13.4. The molecule has 2 aromatic carbocycles. The summed E-state index contributed by atoms with van der Waals surface area (Å²) >= 11 is 0. The van der Waals surface area contributed by atoms with Gasteiger partial charge in [-0.2, -0.15) is 13.2 Å². The molecule has 0 aliphatic heterocycles. The highest BCUT2D eigenvalue weighted by Crippen LogP contribution is 2.34. The summed E-state index contributed by atoms with van der Waals surface area (Å²) in [6, 6.07) is 6.52. The van der Waals surface area contributed by atoms with Crippen LogP contribution in [0.25, 0.3) is 17.1 Å². The summed E-state index contributed by atoms with van der Waals surface area (Å²) in [6.45, 7) is 0. The van der Waals surface area contributed by atoms with Crippen molar-refractivity contribution >= 4 is 9.84 Å². The summed E-state index contributed by atoms with van der Waals surface area (Å²) in [5, 5.41) is 0. The van der Waals surface area contributed by atoms with Gasteiger partial charge in [0, 0.05) is 30.1 Å². The van der Waals surface area contributed by atoms with Crippen LogP contribution in [0.1, 0.15) is 5.69 Å². The average Bonchev–Trinajstić information content (AvgIpc) is 3.06. The number of nitrogens with zero attached hydrogens (tertiary/aromatic N) is 2. The molecule has 1 aromatic heterocycles. The highest BCUT2D eigenvalue weighted by atomic mass is 32.2. The van der Waals surface area contributed by atoms with Gasteiger partial charge in [0.05, 0.1) is 17.7 Å². The molecule has 0 aliphatic rings. The molecule has 1 heterocycles. The van der Waals surface area contributed by atoms with E-state index in [1.165, 1.54) is 24.3 Å². The number of aromatic nitrogens is 2. The van der Waals surface area contributed by atoms with E-state index in [-0.39, 0.29) is 22.0 Å². The molecule has 0 saturated carbocycles. The van der Waals surface area contributed by atoms with E-state index in [0.29, 0.717) is 6.20 Å². The van der Waals surface area contributed by atoms with Crippen LogP contribution in [-0.2, 0) is 16.0 Å². The molecule has 11 heteroatoms. The molecule has 0 unspecified atom stereocenters. The van der Waals surface area contributed by atoms with Crippen molar-refractivity contribution < 1.29 is 35.1 Å². The van der Waals surface area contributed by atoms with E-state index >= 15 is 0 Å². The van der Waals surface area contributed by atoms with Crippen LogP contribution in [0.3, 0.4) is 0 Å². The van der Waals surface area contributed by atoms with Gasteiger partial charge in [-0.15, -0.1) is 0 Å². The van der Waals surface area contributed by atoms with Crippen molar-refractivity contribution in [1.82, 2.24) is 9.55 Å². The van der Waals surface area contributed by atoms with Gasteiger partial charge >= 0.3 is 6.18 Å². The molecule has 5 nitrogen and oxygen atoms in total. The zero-order valence-corrected chi connectivity index (χ0v) is 15.8. The predicted octanol–water partition coefficient (Wildman–Crippen LogP) is 4.25. The lowest BCUT2D eigenvalue weighted by Gasteiger charge is -2.11. The Bertz CT molecular complexity index is 1150. The second kappa shape index (κ2) is 7.14. The highest BCUT2D eigenvalue weighted by molar-refractivity contribution is 7.90. The Kier molecular flexibility index (Phi) is 5.11. The third-order valence-electron chi connectivity index (χ3n) is 4.00. The predicted molar refractivity (Wildman–Crippen MR) is 93.6 cm³/mol. The van der Waals surface area contributed by atoms with Crippen molar-refractivity contribution in [2.45, 2.75) is 11.1 Å². The van der Waals surface area contributed by atoms with Crippen LogP contribution in [0.2, 0.25) is 0 Å². The summed E-state index contributed by atoms with van der Waals surface area (Å²) in [5.41, 5.74) is -1.42. The standard InChI is InChI=1S/C18H13F5N2O3S/c1-28-16-13(19)7-11(8-14(16)20)25-9-15(18(21,22)23)24-17(25)10-3-5-12(6-4-10)29(2,26)27/h3-9H,1-2H3. The first-order valence-electron chi connectivity index (χ1n) is 7.92. The highest BCUT2D eigenvalue weighted by Gasteiger charge is 2.35. The maximum atomic E-state index is 14.1. The fraction of sp³-hybridized carbons (Fsp3) is 0.167. The largest absolute Gasteiger partial charge is 0.491 e. The third-order valence-corrected chi connectivity index (χ3v) is 5.13. The molecule has 0 N–H and O–H groups in total. The zero-order valence-electron chi connectivity index (χ0n) is 15.0. The van der Waals surface area contributed by atoms with Crippen LogP contribution in [0.4, 0.5) is 22.0 Å². The molecule has 154 valence electrons. The summed E-state index contributed by atoms with van der Waals surface area (Å²) in [6.07, 6.45) is -3.23. The van der Waals surface area contributed by atoms with Gasteiger partial charge in [0.2, 0.25) is 0 Å². The zero-order chi connectivity index (χ0) is 21.6. The molecule has 0 atom stereocenters. The number of halogens is 5. The monoisotopic (exact) mass is 432 g/mol. The van der Waals surface area contributed by atoms with E-state index in [1.807, 2.05) is 0 Å². The molecule has 0 amide bonds. The van der Waals surface area contributed by atoms with Crippen LogP contribution in [-0.4, -0.2) is 31.3 Å². The van der Waals surface area contributed by atoms with Gasteiger partial charge in [-0.25, -0.2) is 22.2 Å². The Morgan fingerprint density at radius 3 is 2.03 bits per heavy atom. The van der Waals surface area contributed by atoms with Gasteiger partial charge in [-0.3, -0.25) is 4.57 Å². The maximum absolute atomic E-state index is 14.1. The maximum Gasteiger partial charge on any atom is 0.434 e. The van der Waals surface area contributed by atoms with Crippen molar-refractivity contribution in [2.24, 2.45) is 0 Å². The van der Waals surface area contributed by atoms with Crippen molar-refractivity contribution in [3.8, 4) is 22.8 Å². The van der Waals surface area contributed by atoms with E-state index in [1.54, 1.807) is 0 Å². The molecule has 0 bridgehead atoms. The molecule has 0 saturated heterocycles. The van der Waals surface area contributed by atoms with Crippen molar-refractivity contribution in [3.05, 3.63) is 59.9 Å². The summed E-state index contributed by atoms with van der Waals surface area (Å²) < 4.78 is 96.3. The number of methoxy groups -OCH3 is 1. The van der Waals surface area contributed by atoms with Crippen molar-refractivity contribution in [1.29, 1.82) is 0 Å². The Labute approximate surface area is 162 Å². The Morgan fingerprint density at radius 2 is 1.59 bits per heavy atom. The third kappa shape index (κ3) is 4.09. The molecular weight excluding hydrogens is 419 g/mol. The van der Waals surface area contributed by atoms with Crippen LogP contribution >= 0.6 is 0 Å². The SMILES string of the molecule is COc1c(F)cc(-n2cc(C(F)(F)F)nc2-c2ccc(S(C)(=O)=O)cc2)cc1F. The summed E-state index contributed by atoms with van der Waals surface area (Å²) in [4.78, 5) is 3.49. The average molecular weight is 432 g/mol. The van der Waals surface area contributed by atoms with Crippen LogP contribution in [0.5, 0.6) is 5.75 Å². The number of hydrogen-bond acceptors (Lipinski definition) is 4. The number of alkyl halides is 3. The molecule has 0 fully saturated rings. The molecule has 3 aromatic rings. The van der Waals surface area contributed by atoms with Gasteiger partial charge in [-0.1, -0.05) is 0 Å². The number of rotatable bonds is 4. The lowest BCUT2D eigenvalue weighted by atomic mass is 10.2. The second-order valence-corrected chi connectivity index (χ2v) is 8.07. The minimum absolute atomic E-state index is 0.0445. The Hall–Kier alpha value is -2.95. The second-order valence-electron chi connectivity index (χ2n) is 6.06. The van der Waals surface area contributed by atoms with Crippen LogP contribution in [0.15, 0.2) is 47.5 Å². The Balaban J connectivity index is 2.22. The van der Waals surface area contributed by atoms with Crippen LogP contribution in [0, 0.1) is 11.6 Å². The van der Waals surface area contributed by atoms with Gasteiger partial charge in [-0.05, 0) is 24.3 Å². The number of ether oxygens (including phenoxy) is 1. The molecule has 29 heavy (non-hydrogen) atoms. The number of imidazole rings is 1. The van der Waals surface area contributed by atoms with E-state index in [0.717, 1.165) is 30.1 Å². The van der Waals surface area contributed by atoms with Gasteiger partial charge in [0.1, 0.15) is 5.82 Å². The van der Waals surface area contributed by atoms with Gasteiger partial charge < -0.3 is 4.74 Å². The number of benzene rings is 2. The van der Waals surface area contributed by atoms with E-state index in [9.17, 15) is 30.4 Å². The molecule has 0 spiro atoms. The molecular formula is C18H13F5N2O3S. The van der Waals surface area contributed by atoms with E-state index in [2.05, 4.69) is 9.72 Å². The Morgan fingerprint density at radius 1 is 1.03 bits per heavy atom. The smallest absolute Gasteiger partial charge is 0.434 e. The minimum atomic E-state index is -4.81. The van der Waals surface area contributed by atoms with E-state index in [4.69, 9.17) is 0 Å². The molecule has 3 rings (SSSR count). The first-order valence-corrected chi connectivity index (χ1v) is 9.81. The summed E-state index contributed by atoms with van der Waals surface area (Å²) in [5.74, 6) is -3.17. The van der Waals surface area contributed by atoms with Gasteiger partial charge in [0.15, 0.2) is 32.9 Å². The normalized spacial score (nSPS) is 12.2. The molecule has 0 aliphatic carbocycles. The first kappa shape index (κ1) is 20.8. The fourth-order valence-electron chi connectivity index (χ4n) is 2.65. The number of hydrogen-bond donors (Lipinski definition) is 0. The van der Waals surface area contributed by atoms with Gasteiger partial charge in [0.25, 0.3) is 0 Å². The quantitative estimate of drug-likeness (QED) is 0.579. The topological polar surface area (TPSA) is 61.2 Å². The van der Waals surface area contributed by atoms with Crippen LogP contribution < -0.4 is 4.74 Å². The van der Waals surface area contributed by atoms with Crippen molar-refractivity contribution in [3.63, 3.8) is 0 Å². The lowest BCUT2D eigenvalue weighted by molar-refractivity contribution is -0.140. The fourth-order valence-corrected chi connectivity index (χ4v) is 3.28. The summed E-state index contributed by atoms with van der Waals surface area (Å²) in [7, 11) is -2.47. The lowest BCUT2D eigenvalue weighted by Crippen LogP contribution is -2.05. The number of sulfone groups is 1. The molecule has 0 radical (unpaired) electrons. The van der Waals surface area contributed by atoms with Crippen molar-refractivity contribution in [2.75, 3.05) is 13.4 Å². The van der Waals surface area contributed by atoms with E-state index < -0.39 is 39.1 Å².